The first kappa shape index (κ1) is 15.1. The molecule has 0 bridgehead atoms. The van der Waals surface area contributed by atoms with E-state index in [1.54, 1.807) is 0 Å². The largest absolute Gasteiger partial charge is 0.493 e. The third kappa shape index (κ3) is 4.73. The number of hydrogen-bond acceptors (Lipinski definition) is 1. The highest BCUT2D eigenvalue weighted by molar-refractivity contribution is 6.30. The molecule has 0 N–H and O–H groups in total. The molecule has 1 nitrogen and oxygen atoms in total. The predicted molar refractivity (Wildman–Crippen MR) is 79.7 cm³/mol. The predicted octanol–water partition coefficient (Wildman–Crippen LogP) is 5.59. The molecule has 0 fully saturated rings. The Morgan fingerprint density at radius 3 is 2.72 bits per heavy atom. The van der Waals surface area contributed by atoms with Crippen LogP contribution in [0.2, 0.25) is 5.02 Å². The molecule has 0 saturated carbocycles. The molecule has 18 heavy (non-hydrogen) atoms. The van der Waals surface area contributed by atoms with Crippen molar-refractivity contribution in [3.8, 4) is 5.75 Å². The summed E-state index contributed by atoms with van der Waals surface area (Å²) in [6.07, 6.45) is 7.56. The van der Waals surface area contributed by atoms with Gasteiger partial charge in [0.2, 0.25) is 0 Å². The van der Waals surface area contributed by atoms with Gasteiger partial charge in [0.05, 0.1) is 6.61 Å². The first-order valence-electron chi connectivity index (χ1n) is 6.76. The maximum absolute atomic E-state index is 6.08. The van der Waals surface area contributed by atoms with Crippen LogP contribution in [0.4, 0.5) is 0 Å². The number of ether oxygens (including phenoxy) is 1. The van der Waals surface area contributed by atoms with Crippen LogP contribution in [0, 0.1) is 0 Å². The van der Waals surface area contributed by atoms with Crippen molar-refractivity contribution in [2.75, 3.05) is 6.61 Å². The van der Waals surface area contributed by atoms with Crippen LogP contribution in [0.5, 0.6) is 5.75 Å². The average molecular weight is 267 g/mol. The fraction of sp³-hybridized carbons (Fsp3) is 0.500. The summed E-state index contributed by atoms with van der Waals surface area (Å²) in [7, 11) is 0. The molecule has 0 heterocycles. The SMILES string of the molecule is CC/C=C\CC(C)c1cc(Cl)ccc1OCCC. The van der Waals surface area contributed by atoms with Crippen LogP contribution in [0.1, 0.15) is 51.5 Å². The summed E-state index contributed by atoms with van der Waals surface area (Å²) in [5, 5.41) is 0.778. The number of allylic oxidation sites excluding steroid dienone is 2. The van der Waals surface area contributed by atoms with Crippen molar-refractivity contribution in [3.63, 3.8) is 0 Å². The van der Waals surface area contributed by atoms with Gasteiger partial charge in [-0.05, 0) is 48.9 Å². The number of halogens is 1. The highest BCUT2D eigenvalue weighted by Gasteiger charge is 2.11. The number of hydrogen-bond donors (Lipinski definition) is 0. The molecule has 100 valence electrons. The summed E-state index contributed by atoms with van der Waals surface area (Å²) in [6, 6.07) is 5.90. The fourth-order valence-corrected chi connectivity index (χ4v) is 2.02. The quantitative estimate of drug-likeness (QED) is 0.585. The van der Waals surface area contributed by atoms with Gasteiger partial charge in [0.15, 0.2) is 0 Å². The molecule has 0 aliphatic heterocycles. The number of rotatable bonds is 7. The molecule has 0 aliphatic rings. The molecule has 1 aromatic carbocycles. The minimum Gasteiger partial charge on any atom is -0.493 e. The molecule has 0 aromatic heterocycles. The highest BCUT2D eigenvalue weighted by Crippen LogP contribution is 2.31. The van der Waals surface area contributed by atoms with Crippen molar-refractivity contribution < 1.29 is 4.74 Å². The van der Waals surface area contributed by atoms with Crippen LogP contribution in [-0.2, 0) is 0 Å². The van der Waals surface area contributed by atoms with E-state index < -0.39 is 0 Å². The van der Waals surface area contributed by atoms with E-state index in [1.807, 2.05) is 18.2 Å². The molecule has 2 heteroatoms. The first-order valence-corrected chi connectivity index (χ1v) is 7.14. The molecular weight excluding hydrogens is 244 g/mol. The molecule has 0 amide bonds. The van der Waals surface area contributed by atoms with Gasteiger partial charge >= 0.3 is 0 Å². The Morgan fingerprint density at radius 1 is 1.28 bits per heavy atom. The van der Waals surface area contributed by atoms with Crippen LogP contribution >= 0.6 is 11.6 Å². The Bertz CT molecular complexity index is 385. The molecule has 1 atom stereocenters. The van der Waals surface area contributed by atoms with Gasteiger partial charge in [-0.15, -0.1) is 0 Å². The molecular formula is C16H23ClO. The van der Waals surface area contributed by atoms with E-state index in [1.165, 1.54) is 5.56 Å². The van der Waals surface area contributed by atoms with Crippen molar-refractivity contribution in [2.45, 2.75) is 46.0 Å². The second kappa shape index (κ2) is 8.20. The third-order valence-corrected chi connectivity index (χ3v) is 3.09. The van der Waals surface area contributed by atoms with Crippen LogP contribution in [0.15, 0.2) is 30.4 Å². The summed E-state index contributed by atoms with van der Waals surface area (Å²) < 4.78 is 5.79. The maximum Gasteiger partial charge on any atom is 0.122 e. The second-order valence-electron chi connectivity index (χ2n) is 4.55. The Labute approximate surface area is 116 Å². The van der Waals surface area contributed by atoms with Crippen molar-refractivity contribution >= 4 is 11.6 Å². The zero-order chi connectivity index (χ0) is 13.4. The van der Waals surface area contributed by atoms with Gasteiger partial charge in [0.1, 0.15) is 5.75 Å². The Morgan fingerprint density at radius 2 is 2.06 bits per heavy atom. The van der Waals surface area contributed by atoms with Gasteiger partial charge in [-0.3, -0.25) is 0 Å². The third-order valence-electron chi connectivity index (χ3n) is 2.86. The molecule has 1 unspecified atom stereocenters. The van der Waals surface area contributed by atoms with E-state index in [-0.39, 0.29) is 0 Å². The normalized spacial score (nSPS) is 12.9. The van der Waals surface area contributed by atoms with Crippen LogP contribution in [-0.4, -0.2) is 6.61 Å². The minimum atomic E-state index is 0.429. The van der Waals surface area contributed by atoms with Crippen molar-refractivity contribution in [1.29, 1.82) is 0 Å². The van der Waals surface area contributed by atoms with E-state index in [9.17, 15) is 0 Å². The van der Waals surface area contributed by atoms with Crippen molar-refractivity contribution in [1.82, 2.24) is 0 Å². The van der Waals surface area contributed by atoms with Crippen LogP contribution < -0.4 is 4.74 Å². The molecule has 1 aromatic rings. The summed E-state index contributed by atoms with van der Waals surface area (Å²) in [5.74, 6) is 1.40. The van der Waals surface area contributed by atoms with E-state index >= 15 is 0 Å². The van der Waals surface area contributed by atoms with Crippen molar-refractivity contribution in [3.05, 3.63) is 40.9 Å². The van der Waals surface area contributed by atoms with E-state index in [0.717, 1.165) is 36.6 Å². The van der Waals surface area contributed by atoms with Gasteiger partial charge in [-0.2, -0.15) is 0 Å². The summed E-state index contributed by atoms with van der Waals surface area (Å²) in [4.78, 5) is 0. The smallest absolute Gasteiger partial charge is 0.122 e. The highest BCUT2D eigenvalue weighted by atomic mass is 35.5. The molecule has 1 rings (SSSR count). The van der Waals surface area contributed by atoms with Crippen LogP contribution in [0.3, 0.4) is 0 Å². The summed E-state index contributed by atoms with van der Waals surface area (Å²) >= 11 is 6.08. The van der Waals surface area contributed by atoms with Gasteiger partial charge < -0.3 is 4.74 Å². The topological polar surface area (TPSA) is 9.23 Å². The second-order valence-corrected chi connectivity index (χ2v) is 4.98. The minimum absolute atomic E-state index is 0.429. The Balaban J connectivity index is 2.82. The standard InChI is InChI=1S/C16H23ClO/c1-4-6-7-8-13(3)15-12-14(17)9-10-16(15)18-11-5-2/h6-7,9-10,12-13H,4-5,8,11H2,1-3H3/b7-6-. The average Bonchev–Trinajstić information content (AvgIpc) is 2.37. The number of benzene rings is 1. The van der Waals surface area contributed by atoms with Gasteiger partial charge in [-0.1, -0.05) is 44.5 Å². The van der Waals surface area contributed by atoms with E-state index in [4.69, 9.17) is 16.3 Å². The molecule has 0 aliphatic carbocycles. The van der Waals surface area contributed by atoms with Crippen molar-refractivity contribution in [2.24, 2.45) is 0 Å². The Kier molecular flexibility index (Phi) is 6.89. The monoisotopic (exact) mass is 266 g/mol. The zero-order valence-electron chi connectivity index (χ0n) is 11.6. The molecule has 0 saturated heterocycles. The lowest BCUT2D eigenvalue weighted by atomic mass is 9.96. The lowest BCUT2D eigenvalue weighted by Gasteiger charge is -2.16. The lowest BCUT2D eigenvalue weighted by molar-refractivity contribution is 0.312. The maximum atomic E-state index is 6.08. The van der Waals surface area contributed by atoms with E-state index in [2.05, 4.69) is 32.9 Å². The summed E-state index contributed by atoms with van der Waals surface area (Å²) in [5.41, 5.74) is 1.21. The molecule has 0 radical (unpaired) electrons. The first-order chi connectivity index (χ1) is 8.69. The zero-order valence-corrected chi connectivity index (χ0v) is 12.3. The fourth-order valence-electron chi connectivity index (χ4n) is 1.84. The molecule has 0 spiro atoms. The Hall–Kier alpha value is -0.950. The summed E-state index contributed by atoms with van der Waals surface area (Å²) in [6.45, 7) is 7.23. The van der Waals surface area contributed by atoms with Gasteiger partial charge in [-0.25, -0.2) is 0 Å². The van der Waals surface area contributed by atoms with Gasteiger partial charge in [0, 0.05) is 5.02 Å². The van der Waals surface area contributed by atoms with Gasteiger partial charge in [0.25, 0.3) is 0 Å². The van der Waals surface area contributed by atoms with E-state index in [0.29, 0.717) is 5.92 Å². The van der Waals surface area contributed by atoms with Crippen LogP contribution in [0.25, 0.3) is 0 Å². The lowest BCUT2D eigenvalue weighted by Crippen LogP contribution is -2.01.